The zero-order valence-electron chi connectivity index (χ0n) is 18.7. The van der Waals surface area contributed by atoms with Gasteiger partial charge >= 0.3 is 6.36 Å². The Morgan fingerprint density at radius 3 is 2.64 bits per heavy atom. The van der Waals surface area contributed by atoms with Crippen molar-refractivity contribution in [3.05, 3.63) is 65.7 Å². The summed E-state index contributed by atoms with van der Waals surface area (Å²) < 4.78 is 62.5. The Balaban J connectivity index is 1.66. The van der Waals surface area contributed by atoms with Crippen LogP contribution in [0.4, 0.5) is 23.5 Å². The highest BCUT2D eigenvalue weighted by atomic mass is 19.4. The predicted molar refractivity (Wildman–Crippen MR) is 120 cm³/mol. The smallest absolute Gasteiger partial charge is 0.480 e. The van der Waals surface area contributed by atoms with E-state index >= 15 is 0 Å². The number of nitrogen functional groups attached to an aromatic ring is 1. The third kappa shape index (κ3) is 5.15. The second kappa shape index (κ2) is 9.00. The van der Waals surface area contributed by atoms with Gasteiger partial charge in [0.05, 0.1) is 7.11 Å². The van der Waals surface area contributed by atoms with E-state index < -0.39 is 35.0 Å². The molecule has 0 aliphatic heterocycles. The van der Waals surface area contributed by atoms with Crippen molar-refractivity contribution >= 4 is 25.3 Å². The molecule has 15 heteroatoms. The molecule has 0 aliphatic rings. The minimum absolute atomic E-state index is 0.0687. The number of nitrogens with two attached hydrogens (primary N) is 1. The minimum atomic E-state index is -5.04. The molecule has 1 amide bonds. The van der Waals surface area contributed by atoms with Crippen molar-refractivity contribution < 1.29 is 36.9 Å². The van der Waals surface area contributed by atoms with E-state index in [1.54, 1.807) is 18.3 Å². The van der Waals surface area contributed by atoms with E-state index in [1.807, 2.05) is 0 Å². The summed E-state index contributed by atoms with van der Waals surface area (Å²) in [5.41, 5.74) is 3.85. The largest absolute Gasteiger partial charge is 0.573 e. The lowest BCUT2D eigenvalue weighted by molar-refractivity contribution is -0.274. The van der Waals surface area contributed by atoms with Gasteiger partial charge < -0.3 is 25.6 Å². The number of hydrogen-bond donors (Lipinski definition) is 3. The van der Waals surface area contributed by atoms with E-state index in [0.717, 1.165) is 13.9 Å². The molecular formula is C21H17BF4N6O4. The summed E-state index contributed by atoms with van der Waals surface area (Å²) in [7, 11) is 2.26. The van der Waals surface area contributed by atoms with Gasteiger partial charge in [-0.1, -0.05) is 0 Å². The normalized spacial score (nSPS) is 13.3. The van der Waals surface area contributed by atoms with Crippen molar-refractivity contribution in [2.75, 3.05) is 12.8 Å². The van der Waals surface area contributed by atoms with Gasteiger partial charge in [-0.05, 0) is 42.0 Å². The van der Waals surface area contributed by atoms with Crippen LogP contribution in [0.25, 0.3) is 16.8 Å². The Morgan fingerprint density at radius 2 is 1.94 bits per heavy atom. The number of benzene rings is 1. The molecule has 186 valence electrons. The number of rotatable bonds is 6. The van der Waals surface area contributed by atoms with Crippen LogP contribution in [0.3, 0.4) is 0 Å². The van der Waals surface area contributed by atoms with Crippen LogP contribution in [0, 0.1) is 5.82 Å². The summed E-state index contributed by atoms with van der Waals surface area (Å²) in [6.07, 6.45) is -2.01. The quantitative estimate of drug-likeness (QED) is 0.205. The summed E-state index contributed by atoms with van der Waals surface area (Å²) in [4.78, 5) is 21.2. The van der Waals surface area contributed by atoms with Crippen molar-refractivity contribution in [3.63, 3.8) is 0 Å². The monoisotopic (exact) mass is 504 g/mol. The standard InChI is InChI=1S/C21H17BF4N6O4/c1-35-18-13(6-11(9-28-18)10-4-5-32-16(7-10)29-19(27)31-32)17(33)30-20(22,34)14-8-12(2-3-15(14)23)36-21(24,25)26/h2-9,34H,22H2,1H3,(H2,27,31)(H,30,33). The first-order valence-corrected chi connectivity index (χ1v) is 10.1. The maximum Gasteiger partial charge on any atom is 0.573 e. The number of methoxy groups -OCH3 is 1. The summed E-state index contributed by atoms with van der Waals surface area (Å²) >= 11 is 0. The molecule has 3 aromatic heterocycles. The Kier molecular flexibility index (Phi) is 6.18. The maximum absolute atomic E-state index is 14.4. The van der Waals surface area contributed by atoms with Crippen molar-refractivity contribution in [2.45, 2.75) is 12.0 Å². The summed E-state index contributed by atoms with van der Waals surface area (Å²) in [5, 5.41) is 17.0. The number of aromatic nitrogens is 4. The number of carbonyl (C=O) groups is 1. The number of amides is 1. The lowest BCUT2D eigenvalue weighted by Gasteiger charge is -2.27. The fourth-order valence-electron chi connectivity index (χ4n) is 3.44. The average molecular weight is 504 g/mol. The Hall–Kier alpha value is -4.40. The highest BCUT2D eigenvalue weighted by Crippen LogP contribution is 2.30. The molecule has 0 fully saturated rings. The zero-order chi connectivity index (χ0) is 26.3. The number of aliphatic hydroxyl groups is 1. The Morgan fingerprint density at radius 1 is 1.19 bits per heavy atom. The second-order valence-corrected chi connectivity index (χ2v) is 7.68. The van der Waals surface area contributed by atoms with Crippen molar-refractivity contribution in [1.29, 1.82) is 0 Å². The van der Waals surface area contributed by atoms with E-state index in [-0.39, 0.29) is 17.4 Å². The van der Waals surface area contributed by atoms with Gasteiger partial charge in [-0.15, -0.1) is 18.3 Å². The third-order valence-corrected chi connectivity index (χ3v) is 5.03. The van der Waals surface area contributed by atoms with Crippen LogP contribution in [0.1, 0.15) is 15.9 Å². The van der Waals surface area contributed by atoms with Crippen LogP contribution in [0.2, 0.25) is 0 Å². The molecule has 1 aromatic carbocycles. The fraction of sp³-hybridized carbons (Fsp3) is 0.143. The van der Waals surface area contributed by atoms with Crippen molar-refractivity contribution in [1.82, 2.24) is 24.9 Å². The predicted octanol–water partition coefficient (Wildman–Crippen LogP) is 1.59. The number of nitrogens with zero attached hydrogens (tertiary/aromatic N) is 4. The lowest BCUT2D eigenvalue weighted by atomic mass is 9.83. The molecule has 36 heavy (non-hydrogen) atoms. The van der Waals surface area contributed by atoms with Gasteiger partial charge in [-0.25, -0.2) is 13.9 Å². The number of alkyl halides is 3. The van der Waals surface area contributed by atoms with E-state index in [9.17, 15) is 27.5 Å². The third-order valence-electron chi connectivity index (χ3n) is 5.03. The van der Waals surface area contributed by atoms with Crippen molar-refractivity contribution in [2.24, 2.45) is 0 Å². The molecule has 4 aromatic rings. The van der Waals surface area contributed by atoms with E-state index in [0.29, 0.717) is 28.9 Å². The first kappa shape index (κ1) is 24.7. The average Bonchev–Trinajstić information content (AvgIpc) is 3.17. The molecule has 4 N–H and O–H groups in total. The number of halogens is 4. The number of pyridine rings is 2. The number of carbonyl (C=O) groups excluding carboxylic acids is 1. The molecule has 4 rings (SSSR count). The van der Waals surface area contributed by atoms with Crippen LogP contribution >= 0.6 is 0 Å². The van der Waals surface area contributed by atoms with Gasteiger partial charge in [0.15, 0.2) is 13.5 Å². The van der Waals surface area contributed by atoms with Gasteiger partial charge in [0, 0.05) is 23.5 Å². The van der Waals surface area contributed by atoms with Crippen LogP contribution < -0.4 is 20.5 Å². The Bertz CT molecular complexity index is 1460. The summed E-state index contributed by atoms with van der Waals surface area (Å²) in [6.45, 7) is 0. The highest BCUT2D eigenvalue weighted by molar-refractivity contribution is 6.16. The molecule has 0 saturated carbocycles. The molecule has 10 nitrogen and oxygen atoms in total. The van der Waals surface area contributed by atoms with Crippen LogP contribution in [0.5, 0.6) is 11.6 Å². The molecule has 0 bridgehead atoms. The summed E-state index contributed by atoms with van der Waals surface area (Å²) in [5.74, 6) is -2.84. The van der Waals surface area contributed by atoms with Gasteiger partial charge in [0.25, 0.3) is 5.91 Å². The number of ether oxygens (including phenoxy) is 2. The highest BCUT2D eigenvalue weighted by Gasteiger charge is 2.34. The van der Waals surface area contributed by atoms with Crippen LogP contribution in [-0.2, 0) is 5.62 Å². The van der Waals surface area contributed by atoms with Crippen molar-refractivity contribution in [3.8, 4) is 22.8 Å². The zero-order valence-corrected chi connectivity index (χ0v) is 18.7. The first-order valence-electron chi connectivity index (χ1n) is 10.1. The first-order chi connectivity index (χ1) is 16.9. The Labute approximate surface area is 201 Å². The SMILES string of the molecule is BC(O)(NC(=O)c1cc(-c2ccn3nc(N)nc3c2)cnc1OC)c1cc(OC(F)(F)F)ccc1F. The molecule has 3 heterocycles. The number of nitrogens with one attached hydrogen (secondary N) is 1. The number of hydrogen-bond acceptors (Lipinski definition) is 8. The molecule has 0 saturated heterocycles. The molecule has 1 atom stereocenters. The molecule has 0 radical (unpaired) electrons. The number of anilines is 1. The fourth-order valence-corrected chi connectivity index (χ4v) is 3.44. The maximum atomic E-state index is 14.4. The topological polar surface area (TPSA) is 137 Å². The molecule has 0 aliphatic carbocycles. The van der Waals surface area contributed by atoms with Crippen LogP contribution in [-0.4, -0.2) is 51.9 Å². The lowest BCUT2D eigenvalue weighted by Crippen LogP contribution is -2.47. The second-order valence-electron chi connectivity index (χ2n) is 7.68. The van der Waals surface area contributed by atoms with Crippen LogP contribution in [0.15, 0.2) is 48.8 Å². The molecular weight excluding hydrogens is 487 g/mol. The van der Waals surface area contributed by atoms with Gasteiger partial charge in [-0.2, -0.15) is 4.98 Å². The van der Waals surface area contributed by atoms with Gasteiger partial charge in [-0.3, -0.25) is 4.79 Å². The van der Waals surface area contributed by atoms with Gasteiger partial charge in [0.1, 0.15) is 22.8 Å². The molecule has 1 unspecified atom stereocenters. The van der Waals surface area contributed by atoms with E-state index in [2.05, 4.69) is 25.1 Å². The minimum Gasteiger partial charge on any atom is -0.480 e. The number of fused-ring (bicyclic) bond motifs is 1. The van der Waals surface area contributed by atoms with Gasteiger partial charge in [0.2, 0.25) is 11.8 Å². The summed E-state index contributed by atoms with van der Waals surface area (Å²) in [6, 6.07) is 6.76. The van der Waals surface area contributed by atoms with E-state index in [4.69, 9.17) is 10.5 Å². The van der Waals surface area contributed by atoms with E-state index in [1.165, 1.54) is 23.9 Å². The molecule has 0 spiro atoms.